The zero-order valence-electron chi connectivity index (χ0n) is 8.25. The Morgan fingerprint density at radius 2 is 2.36 bits per heavy atom. The van der Waals surface area contributed by atoms with Gasteiger partial charge in [-0.1, -0.05) is 12.1 Å². The van der Waals surface area contributed by atoms with Crippen LogP contribution in [0.4, 0.5) is 11.4 Å². The number of hydrogen-bond acceptors (Lipinski definition) is 3. The summed E-state index contributed by atoms with van der Waals surface area (Å²) in [6.07, 6.45) is 0. The average Bonchev–Trinajstić information content (AvgIpc) is 2.65. The Bertz CT molecular complexity index is 409. The first-order chi connectivity index (χ1) is 6.86. The predicted octanol–water partition coefficient (Wildman–Crippen LogP) is 1.64. The van der Waals surface area contributed by atoms with Crippen LogP contribution in [-0.2, 0) is 0 Å². The van der Waals surface area contributed by atoms with E-state index in [9.17, 15) is 0 Å². The number of aryl methyl sites for hydroxylation is 1. The van der Waals surface area contributed by atoms with Gasteiger partial charge in [-0.05, 0) is 18.6 Å². The molecule has 2 aliphatic rings. The molecule has 1 N–H and O–H groups in total. The second kappa shape index (κ2) is 2.74. The van der Waals surface area contributed by atoms with Crippen molar-refractivity contribution in [1.82, 2.24) is 0 Å². The molecule has 1 aromatic rings. The molecule has 0 aromatic heterocycles. The Labute approximate surface area is 83.4 Å². The van der Waals surface area contributed by atoms with Gasteiger partial charge in [0.05, 0.1) is 24.5 Å². The van der Waals surface area contributed by atoms with Crippen molar-refractivity contribution in [2.75, 3.05) is 29.9 Å². The topological polar surface area (TPSA) is 27.6 Å². The molecule has 0 unspecified atom stereocenters. The standard InChI is InChI=1S/C11H13N3/c1-8-3-2-4-9-11(8)14-6-5-12-10(14)7-13-9/h2-4,13H,5-7H2,1H3. The smallest absolute Gasteiger partial charge is 0.123 e. The van der Waals surface area contributed by atoms with Gasteiger partial charge in [0.1, 0.15) is 5.84 Å². The number of para-hydroxylation sites is 1. The van der Waals surface area contributed by atoms with Crippen LogP contribution < -0.4 is 10.2 Å². The first kappa shape index (κ1) is 7.85. The molecule has 0 fully saturated rings. The van der Waals surface area contributed by atoms with Gasteiger partial charge in [0.25, 0.3) is 0 Å². The SMILES string of the molecule is Cc1cccc2c1N1CCN=C1CN2. The maximum Gasteiger partial charge on any atom is 0.123 e. The zero-order chi connectivity index (χ0) is 9.54. The van der Waals surface area contributed by atoms with E-state index in [4.69, 9.17) is 0 Å². The molecule has 2 aliphatic heterocycles. The monoisotopic (exact) mass is 187 g/mol. The molecule has 72 valence electrons. The largest absolute Gasteiger partial charge is 0.376 e. The van der Waals surface area contributed by atoms with Crippen molar-refractivity contribution in [3.8, 4) is 0 Å². The normalized spacial score (nSPS) is 18.4. The summed E-state index contributed by atoms with van der Waals surface area (Å²) in [5, 5.41) is 3.40. The molecule has 1 aromatic carbocycles. The number of hydrogen-bond donors (Lipinski definition) is 1. The minimum atomic E-state index is 0.871. The number of aliphatic imine (C=N–C) groups is 1. The summed E-state index contributed by atoms with van der Waals surface area (Å²) < 4.78 is 0. The third-order valence-electron chi connectivity index (χ3n) is 2.87. The lowest BCUT2D eigenvalue weighted by molar-refractivity contribution is 1.01. The Morgan fingerprint density at radius 3 is 3.29 bits per heavy atom. The lowest BCUT2D eigenvalue weighted by Crippen LogP contribution is -2.37. The van der Waals surface area contributed by atoms with Gasteiger partial charge in [0.2, 0.25) is 0 Å². The number of fused-ring (bicyclic) bond motifs is 3. The van der Waals surface area contributed by atoms with Crippen molar-refractivity contribution in [3.05, 3.63) is 23.8 Å². The van der Waals surface area contributed by atoms with Gasteiger partial charge in [-0.15, -0.1) is 0 Å². The zero-order valence-corrected chi connectivity index (χ0v) is 8.25. The van der Waals surface area contributed by atoms with Crippen LogP contribution in [0.5, 0.6) is 0 Å². The van der Waals surface area contributed by atoms with E-state index in [1.165, 1.54) is 22.8 Å². The van der Waals surface area contributed by atoms with Gasteiger partial charge in [0, 0.05) is 6.54 Å². The van der Waals surface area contributed by atoms with Gasteiger partial charge >= 0.3 is 0 Å². The van der Waals surface area contributed by atoms with E-state index in [-0.39, 0.29) is 0 Å². The van der Waals surface area contributed by atoms with Gasteiger partial charge in [-0.3, -0.25) is 4.99 Å². The van der Waals surface area contributed by atoms with Crippen LogP contribution in [0.25, 0.3) is 0 Å². The molecule has 0 bridgehead atoms. The molecule has 0 radical (unpaired) electrons. The van der Waals surface area contributed by atoms with Gasteiger partial charge in [-0.2, -0.15) is 0 Å². The fourth-order valence-electron chi connectivity index (χ4n) is 2.22. The summed E-state index contributed by atoms with van der Waals surface area (Å²) in [6, 6.07) is 6.39. The molecule has 3 rings (SSSR count). The number of benzene rings is 1. The Morgan fingerprint density at radius 1 is 1.43 bits per heavy atom. The minimum absolute atomic E-state index is 0.871. The van der Waals surface area contributed by atoms with E-state index in [1.807, 2.05) is 0 Å². The highest BCUT2D eigenvalue weighted by Gasteiger charge is 2.26. The van der Waals surface area contributed by atoms with E-state index in [2.05, 4.69) is 40.3 Å². The maximum absolute atomic E-state index is 4.48. The third kappa shape index (κ3) is 0.953. The predicted molar refractivity (Wildman–Crippen MR) is 59.3 cm³/mol. The molecule has 2 heterocycles. The van der Waals surface area contributed by atoms with Crippen molar-refractivity contribution in [1.29, 1.82) is 0 Å². The summed E-state index contributed by atoms with van der Waals surface area (Å²) >= 11 is 0. The number of rotatable bonds is 0. The second-order valence-electron chi connectivity index (χ2n) is 3.77. The van der Waals surface area contributed by atoms with Crippen molar-refractivity contribution in [2.24, 2.45) is 4.99 Å². The van der Waals surface area contributed by atoms with Crippen LogP contribution in [0.1, 0.15) is 5.56 Å². The second-order valence-corrected chi connectivity index (χ2v) is 3.77. The van der Waals surface area contributed by atoms with Crippen LogP contribution in [0.2, 0.25) is 0 Å². The molecule has 3 nitrogen and oxygen atoms in total. The first-order valence-electron chi connectivity index (χ1n) is 5.00. The van der Waals surface area contributed by atoms with E-state index in [0.29, 0.717) is 0 Å². The maximum atomic E-state index is 4.48. The molecule has 0 atom stereocenters. The number of nitrogens with zero attached hydrogens (tertiary/aromatic N) is 2. The van der Waals surface area contributed by atoms with Crippen molar-refractivity contribution in [2.45, 2.75) is 6.92 Å². The molecule has 0 saturated heterocycles. The Hall–Kier alpha value is -1.51. The summed E-state index contributed by atoms with van der Waals surface area (Å²) in [5.74, 6) is 1.19. The molecule has 0 aliphatic carbocycles. The lowest BCUT2D eigenvalue weighted by atomic mass is 10.1. The van der Waals surface area contributed by atoms with Crippen molar-refractivity contribution < 1.29 is 0 Å². The fraction of sp³-hybridized carbons (Fsp3) is 0.364. The van der Waals surface area contributed by atoms with E-state index < -0.39 is 0 Å². The molecule has 0 saturated carbocycles. The van der Waals surface area contributed by atoms with E-state index >= 15 is 0 Å². The molecular formula is C11H13N3. The fourth-order valence-corrected chi connectivity index (χ4v) is 2.22. The molecule has 0 amide bonds. The Kier molecular flexibility index (Phi) is 1.54. The lowest BCUT2D eigenvalue weighted by Gasteiger charge is -2.30. The first-order valence-corrected chi connectivity index (χ1v) is 5.00. The summed E-state index contributed by atoms with van der Waals surface area (Å²) in [4.78, 5) is 6.81. The molecule has 3 heteroatoms. The number of nitrogens with one attached hydrogen (secondary N) is 1. The highest BCUT2D eigenvalue weighted by atomic mass is 15.3. The third-order valence-corrected chi connectivity index (χ3v) is 2.87. The van der Waals surface area contributed by atoms with Crippen LogP contribution >= 0.6 is 0 Å². The quantitative estimate of drug-likeness (QED) is 0.668. The van der Waals surface area contributed by atoms with Crippen LogP contribution in [0, 0.1) is 6.92 Å². The van der Waals surface area contributed by atoms with Crippen molar-refractivity contribution in [3.63, 3.8) is 0 Å². The Balaban J connectivity index is 2.17. The highest BCUT2D eigenvalue weighted by molar-refractivity contribution is 6.07. The molecular weight excluding hydrogens is 174 g/mol. The number of anilines is 2. The minimum Gasteiger partial charge on any atom is -0.376 e. The summed E-state index contributed by atoms with van der Waals surface area (Å²) in [6.45, 7) is 5.00. The molecule has 14 heavy (non-hydrogen) atoms. The van der Waals surface area contributed by atoms with E-state index in [1.54, 1.807) is 0 Å². The number of amidine groups is 1. The van der Waals surface area contributed by atoms with Gasteiger partial charge < -0.3 is 10.2 Å². The molecule has 0 spiro atoms. The summed E-state index contributed by atoms with van der Waals surface area (Å²) in [5.41, 5.74) is 3.88. The van der Waals surface area contributed by atoms with Gasteiger partial charge in [0.15, 0.2) is 0 Å². The van der Waals surface area contributed by atoms with Crippen LogP contribution in [0.15, 0.2) is 23.2 Å². The van der Waals surface area contributed by atoms with E-state index in [0.717, 1.165) is 19.6 Å². The van der Waals surface area contributed by atoms with Crippen molar-refractivity contribution >= 4 is 17.2 Å². The van der Waals surface area contributed by atoms with Crippen LogP contribution in [-0.4, -0.2) is 25.5 Å². The van der Waals surface area contributed by atoms with Gasteiger partial charge in [-0.25, -0.2) is 0 Å². The highest BCUT2D eigenvalue weighted by Crippen LogP contribution is 2.33. The average molecular weight is 187 g/mol. The summed E-state index contributed by atoms with van der Waals surface area (Å²) in [7, 11) is 0. The van der Waals surface area contributed by atoms with Crippen LogP contribution in [0.3, 0.4) is 0 Å².